The van der Waals surface area contributed by atoms with Gasteiger partial charge in [0.2, 0.25) is 0 Å². The van der Waals surface area contributed by atoms with Crippen molar-refractivity contribution in [3.8, 4) is 0 Å². The number of H-pyrrole nitrogens is 1. The number of nitrogens with one attached hydrogen (secondary N) is 1. The summed E-state index contributed by atoms with van der Waals surface area (Å²) in [6.07, 6.45) is 0.707. The van der Waals surface area contributed by atoms with Crippen molar-refractivity contribution in [1.29, 1.82) is 0 Å². The Hall–Kier alpha value is -2.09. The van der Waals surface area contributed by atoms with Gasteiger partial charge in [-0.3, -0.25) is 4.79 Å². The third kappa shape index (κ3) is 2.71. The smallest absolute Gasteiger partial charge is 0.407 e. The number of carbonyl (C=O) groups is 1. The summed E-state index contributed by atoms with van der Waals surface area (Å²) in [5.41, 5.74) is 0.879. The summed E-state index contributed by atoms with van der Waals surface area (Å²) in [6.45, 7) is 1.79. The molecule has 1 aliphatic rings. The fraction of sp³-hybridized carbons (Fsp3) is 0.308. The van der Waals surface area contributed by atoms with Crippen LogP contribution in [-0.2, 0) is 0 Å². The van der Waals surface area contributed by atoms with Crippen molar-refractivity contribution in [2.75, 3.05) is 31.1 Å². The summed E-state index contributed by atoms with van der Waals surface area (Å²) in [7, 11) is 0. The van der Waals surface area contributed by atoms with Gasteiger partial charge < -0.3 is 19.9 Å². The average Bonchev–Trinajstić information content (AvgIpc) is 2.47. The number of aromatic amines is 1. The lowest BCUT2D eigenvalue weighted by Gasteiger charge is -2.34. The zero-order valence-electron chi connectivity index (χ0n) is 11.0. The molecule has 1 saturated heterocycles. The van der Waals surface area contributed by atoms with E-state index in [-0.39, 0.29) is 5.56 Å². The molecule has 2 aromatic heterocycles. The molecule has 0 saturated carbocycles. The van der Waals surface area contributed by atoms with Crippen molar-refractivity contribution in [3.63, 3.8) is 0 Å². The van der Waals surface area contributed by atoms with Crippen LogP contribution >= 0.6 is 15.9 Å². The Morgan fingerprint density at radius 3 is 2.67 bits per heavy atom. The average molecular weight is 353 g/mol. The van der Waals surface area contributed by atoms with Crippen LogP contribution in [0.1, 0.15) is 0 Å². The van der Waals surface area contributed by atoms with Gasteiger partial charge in [0.25, 0.3) is 5.56 Å². The molecule has 8 heteroatoms. The first-order valence-electron chi connectivity index (χ1n) is 6.46. The highest BCUT2D eigenvalue weighted by Crippen LogP contribution is 2.19. The molecule has 0 bridgehead atoms. The summed E-state index contributed by atoms with van der Waals surface area (Å²) in [4.78, 5) is 33.2. The molecule has 7 nitrogen and oxygen atoms in total. The quantitative estimate of drug-likeness (QED) is 0.811. The highest BCUT2D eigenvalue weighted by atomic mass is 79.9. The number of piperazine rings is 1. The zero-order chi connectivity index (χ0) is 15.0. The normalized spacial score (nSPS) is 15.5. The number of halogens is 1. The summed E-state index contributed by atoms with van der Waals surface area (Å²) in [6, 6.07) is 3.68. The second-order valence-electron chi connectivity index (χ2n) is 4.83. The molecule has 1 fully saturated rings. The third-order valence-corrected chi connectivity index (χ3v) is 3.97. The number of hydrogen-bond donors (Lipinski definition) is 2. The fourth-order valence-electron chi connectivity index (χ4n) is 2.43. The van der Waals surface area contributed by atoms with Crippen LogP contribution in [0.25, 0.3) is 11.0 Å². The lowest BCUT2D eigenvalue weighted by molar-refractivity contribution is 0.142. The van der Waals surface area contributed by atoms with E-state index < -0.39 is 6.09 Å². The number of fused-ring (bicyclic) bond motifs is 1. The van der Waals surface area contributed by atoms with Crippen molar-refractivity contribution < 1.29 is 9.90 Å². The van der Waals surface area contributed by atoms with E-state index in [1.54, 1.807) is 12.3 Å². The van der Waals surface area contributed by atoms with Crippen LogP contribution in [-0.4, -0.2) is 52.2 Å². The van der Waals surface area contributed by atoms with Crippen molar-refractivity contribution in [1.82, 2.24) is 14.9 Å². The van der Waals surface area contributed by atoms with Gasteiger partial charge in [0.05, 0.1) is 0 Å². The van der Waals surface area contributed by atoms with Crippen molar-refractivity contribution in [2.45, 2.75) is 0 Å². The van der Waals surface area contributed by atoms with E-state index in [2.05, 4.69) is 25.9 Å². The fourth-order valence-corrected chi connectivity index (χ4v) is 2.78. The van der Waals surface area contributed by atoms with Gasteiger partial charge >= 0.3 is 6.09 Å². The number of aromatic nitrogens is 2. The summed E-state index contributed by atoms with van der Waals surface area (Å²) >= 11 is 3.36. The van der Waals surface area contributed by atoms with Gasteiger partial charge in [-0.15, -0.1) is 0 Å². The van der Waals surface area contributed by atoms with Crippen LogP contribution in [0.2, 0.25) is 0 Å². The van der Waals surface area contributed by atoms with E-state index in [0.29, 0.717) is 37.5 Å². The van der Waals surface area contributed by atoms with Crippen LogP contribution in [0.15, 0.2) is 27.6 Å². The second kappa shape index (κ2) is 5.36. The van der Waals surface area contributed by atoms with Crippen molar-refractivity contribution in [2.24, 2.45) is 0 Å². The molecule has 1 aliphatic heterocycles. The van der Waals surface area contributed by atoms with Gasteiger partial charge in [0, 0.05) is 42.2 Å². The molecule has 3 rings (SSSR count). The molecule has 3 heterocycles. The van der Waals surface area contributed by atoms with Crippen LogP contribution < -0.4 is 10.5 Å². The predicted molar refractivity (Wildman–Crippen MR) is 81.9 cm³/mol. The van der Waals surface area contributed by atoms with Crippen LogP contribution in [0.3, 0.4) is 0 Å². The Labute approximate surface area is 128 Å². The number of hydrogen-bond acceptors (Lipinski definition) is 4. The van der Waals surface area contributed by atoms with E-state index in [0.717, 1.165) is 9.86 Å². The predicted octanol–water partition coefficient (Wildman–Crippen LogP) is 1.49. The Morgan fingerprint density at radius 1 is 1.29 bits per heavy atom. The number of amides is 1. The van der Waals surface area contributed by atoms with E-state index >= 15 is 0 Å². The minimum Gasteiger partial charge on any atom is -0.465 e. The van der Waals surface area contributed by atoms with Crippen LogP contribution in [0, 0.1) is 0 Å². The second-order valence-corrected chi connectivity index (χ2v) is 5.75. The molecule has 0 radical (unpaired) electrons. The minimum atomic E-state index is -0.921. The third-order valence-electron chi connectivity index (χ3n) is 3.53. The van der Waals surface area contributed by atoms with Gasteiger partial charge in [-0.1, -0.05) is 0 Å². The van der Waals surface area contributed by atoms with Gasteiger partial charge in [-0.25, -0.2) is 9.78 Å². The lowest BCUT2D eigenvalue weighted by atomic mass is 10.2. The van der Waals surface area contributed by atoms with E-state index in [1.165, 1.54) is 4.90 Å². The Morgan fingerprint density at radius 2 is 2.00 bits per heavy atom. The number of pyridine rings is 2. The molecule has 0 unspecified atom stereocenters. The van der Waals surface area contributed by atoms with E-state index in [1.807, 2.05) is 11.0 Å². The van der Waals surface area contributed by atoms with Crippen molar-refractivity contribution in [3.05, 3.63) is 33.2 Å². The zero-order valence-corrected chi connectivity index (χ0v) is 12.6. The molecule has 110 valence electrons. The molecular formula is C13H13BrN4O3. The van der Waals surface area contributed by atoms with Gasteiger partial charge in [-0.05, 0) is 28.1 Å². The molecular weight excluding hydrogens is 340 g/mol. The van der Waals surface area contributed by atoms with Gasteiger partial charge in [-0.2, -0.15) is 0 Å². The van der Waals surface area contributed by atoms with Crippen molar-refractivity contribution >= 4 is 38.7 Å². The Kier molecular flexibility index (Phi) is 3.54. The minimum absolute atomic E-state index is 0.207. The highest BCUT2D eigenvalue weighted by molar-refractivity contribution is 9.10. The molecule has 0 atom stereocenters. The monoisotopic (exact) mass is 352 g/mol. The molecule has 21 heavy (non-hydrogen) atoms. The first-order valence-corrected chi connectivity index (χ1v) is 7.25. The number of carboxylic acid groups (broad SMARTS) is 1. The number of nitrogens with zero attached hydrogens (tertiary/aromatic N) is 3. The largest absolute Gasteiger partial charge is 0.465 e. The molecule has 2 aromatic rings. The van der Waals surface area contributed by atoms with Crippen LogP contribution in [0.4, 0.5) is 10.5 Å². The molecule has 0 aliphatic carbocycles. The molecule has 1 amide bonds. The standard InChI is InChI=1S/C13H13BrN4O3/c14-9-5-8-6-10(12(19)16-11(8)15-7-9)17-1-3-18(4-2-17)13(20)21/h5-7H,1-4H2,(H,20,21)(H,15,16,19). The maximum absolute atomic E-state index is 12.2. The Bertz CT molecular complexity index is 753. The lowest BCUT2D eigenvalue weighted by Crippen LogP contribution is -2.49. The maximum Gasteiger partial charge on any atom is 0.407 e. The first kappa shape index (κ1) is 13.9. The molecule has 0 spiro atoms. The maximum atomic E-state index is 12.2. The highest BCUT2D eigenvalue weighted by Gasteiger charge is 2.22. The summed E-state index contributed by atoms with van der Waals surface area (Å²) in [5.74, 6) is 0. The summed E-state index contributed by atoms with van der Waals surface area (Å²) in [5, 5.41) is 9.78. The first-order chi connectivity index (χ1) is 10.0. The van der Waals surface area contributed by atoms with E-state index in [9.17, 15) is 9.59 Å². The van der Waals surface area contributed by atoms with Gasteiger partial charge in [0.15, 0.2) is 0 Å². The SMILES string of the molecule is O=C(O)N1CCN(c2cc3cc(Br)cnc3[nH]c2=O)CC1. The van der Waals surface area contributed by atoms with E-state index in [4.69, 9.17) is 5.11 Å². The number of rotatable bonds is 1. The molecule has 2 N–H and O–H groups in total. The summed E-state index contributed by atoms with van der Waals surface area (Å²) < 4.78 is 0.837. The Balaban J connectivity index is 1.92. The van der Waals surface area contributed by atoms with Crippen LogP contribution in [0.5, 0.6) is 0 Å². The number of anilines is 1. The van der Waals surface area contributed by atoms with Gasteiger partial charge in [0.1, 0.15) is 11.3 Å². The molecule has 0 aromatic carbocycles. The topological polar surface area (TPSA) is 89.5 Å².